The van der Waals surface area contributed by atoms with Crippen molar-refractivity contribution in [2.24, 2.45) is 0 Å². The van der Waals surface area contributed by atoms with Crippen molar-refractivity contribution in [1.29, 1.82) is 0 Å². The Labute approximate surface area is 92.2 Å². The molecule has 3 nitrogen and oxygen atoms in total. The maximum absolute atomic E-state index is 4.17. The molecular formula is C12H21N3. The number of rotatable bonds is 7. The molecule has 0 amide bonds. The van der Waals surface area contributed by atoms with Crippen LogP contribution in [0.2, 0.25) is 0 Å². The van der Waals surface area contributed by atoms with Crippen LogP contribution in [0, 0.1) is 0 Å². The predicted molar refractivity (Wildman–Crippen MR) is 63.6 cm³/mol. The van der Waals surface area contributed by atoms with Crippen molar-refractivity contribution in [1.82, 2.24) is 14.9 Å². The molecule has 0 bridgehead atoms. The molecule has 0 aliphatic rings. The van der Waals surface area contributed by atoms with E-state index in [1.165, 1.54) is 5.69 Å². The highest BCUT2D eigenvalue weighted by Gasteiger charge is 2.03. The first-order chi connectivity index (χ1) is 7.27. The molecule has 0 spiro atoms. The van der Waals surface area contributed by atoms with Gasteiger partial charge in [0.1, 0.15) is 0 Å². The molecule has 1 aromatic heterocycles. The van der Waals surface area contributed by atoms with Crippen LogP contribution in [0.5, 0.6) is 0 Å². The maximum Gasteiger partial charge on any atom is 0.0948 e. The number of aryl methyl sites for hydroxylation is 1. The summed E-state index contributed by atoms with van der Waals surface area (Å²) in [5, 5.41) is 3.45. The third-order valence-electron chi connectivity index (χ3n) is 2.41. The molecule has 3 heteroatoms. The average molecular weight is 207 g/mol. The van der Waals surface area contributed by atoms with Gasteiger partial charge < -0.3 is 9.88 Å². The van der Waals surface area contributed by atoms with Crippen molar-refractivity contribution in [2.75, 3.05) is 0 Å². The summed E-state index contributed by atoms with van der Waals surface area (Å²) in [6.07, 6.45) is 7.93. The highest BCUT2D eigenvalue weighted by Crippen LogP contribution is 2.01. The lowest BCUT2D eigenvalue weighted by Crippen LogP contribution is -2.25. The van der Waals surface area contributed by atoms with E-state index in [0.717, 1.165) is 25.9 Å². The molecule has 0 aliphatic heterocycles. The largest absolute Gasteiger partial charge is 0.333 e. The minimum Gasteiger partial charge on any atom is -0.333 e. The lowest BCUT2D eigenvalue weighted by atomic mass is 10.2. The van der Waals surface area contributed by atoms with E-state index < -0.39 is 0 Å². The van der Waals surface area contributed by atoms with Gasteiger partial charge in [-0.05, 0) is 19.8 Å². The third-order valence-corrected chi connectivity index (χ3v) is 2.41. The Bertz CT molecular complexity index is 291. The monoisotopic (exact) mass is 207 g/mol. The molecule has 1 atom stereocenters. The van der Waals surface area contributed by atoms with Gasteiger partial charge in [0.05, 0.1) is 12.0 Å². The number of imidazole rings is 1. The topological polar surface area (TPSA) is 29.9 Å². The first-order valence-electron chi connectivity index (χ1n) is 5.61. The fourth-order valence-electron chi connectivity index (χ4n) is 1.55. The third kappa shape index (κ3) is 3.88. The van der Waals surface area contributed by atoms with E-state index in [2.05, 4.69) is 35.3 Å². The van der Waals surface area contributed by atoms with E-state index in [1.54, 1.807) is 0 Å². The molecule has 15 heavy (non-hydrogen) atoms. The Morgan fingerprint density at radius 3 is 3.13 bits per heavy atom. The van der Waals surface area contributed by atoms with Crippen LogP contribution in [0.1, 0.15) is 32.4 Å². The van der Waals surface area contributed by atoms with Gasteiger partial charge >= 0.3 is 0 Å². The SMILES string of the molecule is C=CCC(C)NCc1cncn1CCC. The van der Waals surface area contributed by atoms with Gasteiger partial charge in [-0.15, -0.1) is 6.58 Å². The molecule has 1 N–H and O–H groups in total. The molecule has 1 rings (SSSR count). The van der Waals surface area contributed by atoms with Crippen LogP contribution >= 0.6 is 0 Å². The van der Waals surface area contributed by atoms with Crippen LogP contribution in [0.4, 0.5) is 0 Å². The second kappa shape index (κ2) is 6.40. The van der Waals surface area contributed by atoms with E-state index in [0.29, 0.717) is 6.04 Å². The second-order valence-corrected chi connectivity index (χ2v) is 3.88. The molecular weight excluding hydrogens is 186 g/mol. The van der Waals surface area contributed by atoms with Gasteiger partial charge in [0.15, 0.2) is 0 Å². The zero-order chi connectivity index (χ0) is 11.1. The molecule has 0 radical (unpaired) electrons. The van der Waals surface area contributed by atoms with E-state index in [4.69, 9.17) is 0 Å². The number of nitrogens with one attached hydrogen (secondary N) is 1. The van der Waals surface area contributed by atoms with E-state index in [-0.39, 0.29) is 0 Å². The van der Waals surface area contributed by atoms with Gasteiger partial charge in [-0.2, -0.15) is 0 Å². The van der Waals surface area contributed by atoms with Crippen LogP contribution in [-0.2, 0) is 13.1 Å². The van der Waals surface area contributed by atoms with Gasteiger partial charge in [0.25, 0.3) is 0 Å². The predicted octanol–water partition coefficient (Wildman–Crippen LogP) is 2.35. The van der Waals surface area contributed by atoms with E-state index in [1.807, 2.05) is 18.6 Å². The minimum absolute atomic E-state index is 0.479. The summed E-state index contributed by atoms with van der Waals surface area (Å²) in [5.74, 6) is 0. The zero-order valence-corrected chi connectivity index (χ0v) is 9.74. The standard InChI is InChI=1S/C12H21N3/c1-4-6-11(3)14-9-12-8-13-10-15(12)7-5-2/h4,8,10-11,14H,1,5-7,9H2,2-3H3. The number of hydrogen-bond donors (Lipinski definition) is 1. The van der Waals surface area contributed by atoms with Crippen LogP contribution in [0.15, 0.2) is 25.2 Å². The van der Waals surface area contributed by atoms with E-state index in [9.17, 15) is 0 Å². The van der Waals surface area contributed by atoms with Crippen LogP contribution in [0.25, 0.3) is 0 Å². The molecule has 1 aromatic rings. The first-order valence-corrected chi connectivity index (χ1v) is 5.61. The molecule has 0 saturated carbocycles. The quantitative estimate of drug-likeness (QED) is 0.696. The summed E-state index contributed by atoms with van der Waals surface area (Å²) < 4.78 is 2.20. The van der Waals surface area contributed by atoms with Crippen molar-refractivity contribution < 1.29 is 0 Å². The lowest BCUT2D eigenvalue weighted by molar-refractivity contribution is 0.528. The Kier molecular flexibility index (Phi) is 5.12. The van der Waals surface area contributed by atoms with Gasteiger partial charge in [-0.25, -0.2) is 4.98 Å². The van der Waals surface area contributed by atoms with Crippen LogP contribution in [0.3, 0.4) is 0 Å². The molecule has 1 unspecified atom stereocenters. The van der Waals surface area contributed by atoms with Crippen molar-refractivity contribution in [3.8, 4) is 0 Å². The molecule has 1 heterocycles. The number of aromatic nitrogens is 2. The zero-order valence-electron chi connectivity index (χ0n) is 9.74. The number of nitrogens with zero attached hydrogens (tertiary/aromatic N) is 2. The Morgan fingerprint density at radius 2 is 2.47 bits per heavy atom. The summed E-state index contributed by atoms with van der Waals surface area (Å²) in [4.78, 5) is 4.17. The van der Waals surface area contributed by atoms with Crippen LogP contribution < -0.4 is 5.32 Å². The Hall–Kier alpha value is -1.09. The van der Waals surface area contributed by atoms with Crippen molar-refractivity contribution in [2.45, 2.75) is 45.8 Å². The van der Waals surface area contributed by atoms with Gasteiger partial charge in [-0.1, -0.05) is 13.0 Å². The summed E-state index contributed by atoms with van der Waals surface area (Å²) in [7, 11) is 0. The molecule has 0 fully saturated rings. The Balaban J connectivity index is 2.42. The van der Waals surface area contributed by atoms with Crippen molar-refractivity contribution >= 4 is 0 Å². The fraction of sp³-hybridized carbons (Fsp3) is 0.583. The van der Waals surface area contributed by atoms with Gasteiger partial charge in [0, 0.05) is 25.3 Å². The first kappa shape index (κ1) is 12.0. The smallest absolute Gasteiger partial charge is 0.0948 e. The van der Waals surface area contributed by atoms with E-state index >= 15 is 0 Å². The van der Waals surface area contributed by atoms with Crippen LogP contribution in [-0.4, -0.2) is 15.6 Å². The second-order valence-electron chi connectivity index (χ2n) is 3.88. The van der Waals surface area contributed by atoms with Gasteiger partial charge in [0.2, 0.25) is 0 Å². The molecule has 0 saturated heterocycles. The molecule has 0 aliphatic carbocycles. The van der Waals surface area contributed by atoms with Crippen molar-refractivity contribution in [3.63, 3.8) is 0 Å². The highest BCUT2D eigenvalue weighted by atomic mass is 15.1. The summed E-state index contributed by atoms with van der Waals surface area (Å²) >= 11 is 0. The van der Waals surface area contributed by atoms with Crippen molar-refractivity contribution in [3.05, 3.63) is 30.9 Å². The summed E-state index contributed by atoms with van der Waals surface area (Å²) in [6, 6.07) is 0.479. The Morgan fingerprint density at radius 1 is 1.67 bits per heavy atom. The summed E-state index contributed by atoms with van der Waals surface area (Å²) in [6.45, 7) is 10.0. The van der Waals surface area contributed by atoms with Gasteiger partial charge in [-0.3, -0.25) is 0 Å². The molecule has 0 aromatic carbocycles. The minimum atomic E-state index is 0.479. The fourth-order valence-corrected chi connectivity index (χ4v) is 1.55. The highest BCUT2D eigenvalue weighted by molar-refractivity contribution is 4.98. The maximum atomic E-state index is 4.17. The lowest BCUT2D eigenvalue weighted by Gasteiger charge is -2.12. The normalized spacial score (nSPS) is 12.7. The number of hydrogen-bond acceptors (Lipinski definition) is 2. The summed E-state index contributed by atoms with van der Waals surface area (Å²) in [5.41, 5.74) is 1.26. The average Bonchev–Trinajstić information content (AvgIpc) is 2.64. The molecule has 84 valence electrons.